The molecule has 2 aromatic carbocycles. The number of amidine groups is 1. The summed E-state index contributed by atoms with van der Waals surface area (Å²) in [4.78, 5) is 56.3. The van der Waals surface area contributed by atoms with Gasteiger partial charge in [-0.25, -0.2) is 0 Å². The molecular weight excluding hydrogens is 826 g/mol. The Kier molecular flexibility index (Phi) is 19.6. The number of Topliss-reactive ketones (excluding diaryl/α,β-unsaturated/α-hetero) is 4. The number of nitriles is 1. The number of likely N-dealkylation sites (tertiary alicyclic amines) is 1. The van der Waals surface area contributed by atoms with Crippen molar-refractivity contribution in [2.45, 2.75) is 112 Å². The molecule has 1 N–H and O–H groups in total. The molecule has 0 aromatic heterocycles. The van der Waals surface area contributed by atoms with E-state index in [0.717, 1.165) is 99.8 Å². The molecule has 6 rings (SSSR count). The van der Waals surface area contributed by atoms with Crippen molar-refractivity contribution in [3.63, 3.8) is 0 Å². The Morgan fingerprint density at radius 3 is 2.22 bits per heavy atom. The Hall–Kier alpha value is -3.62. The van der Waals surface area contributed by atoms with E-state index in [1.807, 2.05) is 70.8 Å². The summed E-state index contributed by atoms with van der Waals surface area (Å²) in [5, 5.41) is 23.9. The number of nitrogens with one attached hydrogen (secondary N) is 1. The minimum atomic E-state index is -0.443. The molecule has 12 heteroatoms. The van der Waals surface area contributed by atoms with Gasteiger partial charge in [0.15, 0.2) is 11.6 Å². The van der Waals surface area contributed by atoms with Gasteiger partial charge in [-0.15, -0.1) is 0 Å². The van der Waals surface area contributed by atoms with Crippen LogP contribution in [0.25, 0.3) is 5.32 Å². The quantitative estimate of drug-likeness (QED) is 0.0646. The molecule has 2 saturated carbocycles. The van der Waals surface area contributed by atoms with E-state index < -0.39 is 5.41 Å². The average Bonchev–Trinajstić information content (AvgIpc) is 4.05. The molecule has 11 nitrogen and oxygen atoms in total. The zero-order chi connectivity index (χ0) is 46.1. The van der Waals surface area contributed by atoms with Crippen LogP contribution in [0.15, 0.2) is 48.3 Å². The molecule has 4 fully saturated rings. The SMILES string of the molecule is CC(=O)CCC(C)C(=O)C(C)C.CCC#Cc1ccc(C2(C#N)CC3(CC3)C2)cc1N(C)C(=N)/C=C(\[N-]C)N1CC(CN2CCN(c3cccc(C(=O)CCC)c3C(C)=O)CC2)C1.[K+]. The molecule has 2 aliphatic heterocycles. The van der Waals surface area contributed by atoms with Crippen LogP contribution in [0.5, 0.6) is 0 Å². The van der Waals surface area contributed by atoms with Gasteiger partial charge in [0.2, 0.25) is 0 Å². The maximum absolute atomic E-state index is 12.8. The summed E-state index contributed by atoms with van der Waals surface area (Å²) >= 11 is 0. The number of hydrogen-bond acceptors (Lipinski definition) is 9. The Balaban J connectivity index is 0.000000606. The summed E-state index contributed by atoms with van der Waals surface area (Å²) in [5.41, 5.74) is 4.69. The van der Waals surface area contributed by atoms with E-state index >= 15 is 0 Å². The molecule has 2 saturated heterocycles. The van der Waals surface area contributed by atoms with Crippen LogP contribution in [0.4, 0.5) is 11.4 Å². The largest absolute Gasteiger partial charge is 1.00 e. The van der Waals surface area contributed by atoms with E-state index in [-0.39, 0.29) is 86.4 Å². The second-order valence-electron chi connectivity index (χ2n) is 18.8. The molecule has 2 aromatic rings. The maximum Gasteiger partial charge on any atom is 1.00 e. The summed E-state index contributed by atoms with van der Waals surface area (Å²) < 4.78 is 0. The third-order valence-corrected chi connectivity index (χ3v) is 13.4. The monoisotopic (exact) mass is 896 g/mol. The molecule has 0 radical (unpaired) electrons. The Morgan fingerprint density at radius 1 is 1.00 bits per heavy atom. The van der Waals surface area contributed by atoms with Gasteiger partial charge >= 0.3 is 51.4 Å². The van der Waals surface area contributed by atoms with Crippen LogP contribution in [0.1, 0.15) is 138 Å². The normalized spacial score (nSPS) is 17.8. The van der Waals surface area contributed by atoms with Crippen LogP contribution in [0, 0.1) is 51.7 Å². The molecule has 338 valence electrons. The molecule has 0 amide bonds. The zero-order valence-corrected chi connectivity index (χ0v) is 43.5. The number of rotatable bonds is 17. The van der Waals surface area contributed by atoms with E-state index in [1.54, 1.807) is 27.0 Å². The third-order valence-electron chi connectivity index (χ3n) is 13.4. The van der Waals surface area contributed by atoms with Crippen molar-refractivity contribution >= 4 is 40.3 Å². The van der Waals surface area contributed by atoms with Gasteiger partial charge in [0.05, 0.1) is 22.7 Å². The second kappa shape index (κ2) is 23.7. The number of carbonyl (C=O) groups is 4. The predicted molar refractivity (Wildman–Crippen MR) is 254 cm³/mol. The Labute approximate surface area is 426 Å². The van der Waals surface area contributed by atoms with Gasteiger partial charge in [-0.2, -0.15) is 5.26 Å². The average molecular weight is 896 g/mol. The fraction of sp³-hybridized carbons (Fsp3) is 0.577. The number of piperazine rings is 1. The van der Waals surface area contributed by atoms with Gasteiger partial charge in [0, 0.05) is 87.7 Å². The number of anilines is 2. The number of likely N-dealkylation sites (N-methyl/N-ethyl adjacent to an activating group) is 1. The fourth-order valence-corrected chi connectivity index (χ4v) is 9.46. The van der Waals surface area contributed by atoms with E-state index in [0.29, 0.717) is 47.6 Å². The first kappa shape index (κ1) is 53.0. The van der Waals surface area contributed by atoms with Crippen molar-refractivity contribution in [3.05, 3.63) is 75.9 Å². The fourth-order valence-electron chi connectivity index (χ4n) is 9.46. The summed E-state index contributed by atoms with van der Waals surface area (Å²) in [6.07, 6.45) is 9.34. The van der Waals surface area contributed by atoms with Crippen molar-refractivity contribution in [2.24, 2.45) is 23.2 Å². The molecule has 1 atom stereocenters. The molecule has 1 unspecified atom stereocenters. The van der Waals surface area contributed by atoms with Crippen molar-refractivity contribution < 1.29 is 70.6 Å². The minimum Gasteiger partial charge on any atom is -0.469 e. The van der Waals surface area contributed by atoms with Crippen molar-refractivity contribution in [2.75, 3.05) is 69.7 Å². The molecular formula is C52H70KN7O4. The van der Waals surface area contributed by atoms with Gasteiger partial charge in [0.25, 0.3) is 0 Å². The number of ketones is 4. The second-order valence-corrected chi connectivity index (χ2v) is 18.8. The summed E-state index contributed by atoms with van der Waals surface area (Å²) in [5.74, 6) is 8.63. The third kappa shape index (κ3) is 13.0. The topological polar surface area (TPSA) is 143 Å². The first-order valence-electron chi connectivity index (χ1n) is 23.1. The maximum atomic E-state index is 12.8. The number of carbonyl (C=O) groups excluding carboxylic acids is 4. The van der Waals surface area contributed by atoms with Crippen LogP contribution in [-0.4, -0.2) is 98.7 Å². The standard InChI is InChI=1S/C42H52N7O2.C10H18O2.K/c1-6-8-11-32-14-15-33(42(29-43)27-41(28-42)16-17-41)22-36(32)46(5)38(44)23-39(45-4)49-25-31(26-49)24-47-18-20-48(21-19-47)35-13-9-12-34(37(51)10-7-2)40(35)30(3)50;1-7(2)10(12)8(3)5-6-9(4)11;/h9,12-15,22-23,31H,6-7,10,16-21,24-28H2,1-5H3,(H-,44,45);7-8H,5-6H2,1-4H3;/q-1;;+1. The van der Waals surface area contributed by atoms with Crippen LogP contribution in [0.2, 0.25) is 0 Å². The van der Waals surface area contributed by atoms with Gasteiger partial charge in [-0.1, -0.05) is 77.5 Å². The summed E-state index contributed by atoms with van der Waals surface area (Å²) in [7, 11) is 3.69. The number of hydrogen-bond donors (Lipinski definition) is 1. The first-order chi connectivity index (χ1) is 30.0. The Morgan fingerprint density at radius 2 is 1.67 bits per heavy atom. The number of nitrogens with zero attached hydrogens (tertiary/aromatic N) is 6. The van der Waals surface area contributed by atoms with E-state index in [4.69, 9.17) is 5.41 Å². The number of benzene rings is 2. The van der Waals surface area contributed by atoms with Gasteiger partial charge in [-0.05, 0) is 107 Å². The summed E-state index contributed by atoms with van der Waals surface area (Å²) in [6.45, 7) is 19.0. The van der Waals surface area contributed by atoms with E-state index in [1.165, 1.54) is 12.8 Å². The molecule has 1 spiro atoms. The van der Waals surface area contributed by atoms with Crippen LogP contribution in [-0.2, 0) is 15.0 Å². The van der Waals surface area contributed by atoms with E-state index in [9.17, 15) is 24.4 Å². The van der Waals surface area contributed by atoms with Crippen molar-refractivity contribution in [1.82, 2.24) is 9.80 Å². The molecule has 64 heavy (non-hydrogen) atoms. The smallest absolute Gasteiger partial charge is 0.469 e. The predicted octanol–water partition coefficient (Wildman–Crippen LogP) is 6.20. The van der Waals surface area contributed by atoms with Gasteiger partial charge in [-0.3, -0.25) is 24.7 Å². The molecule has 0 bridgehead atoms. The van der Waals surface area contributed by atoms with Gasteiger partial charge < -0.3 is 24.8 Å². The van der Waals surface area contributed by atoms with Crippen LogP contribution >= 0.6 is 0 Å². The Bertz CT molecular complexity index is 2150. The minimum absolute atomic E-state index is 0. The van der Waals surface area contributed by atoms with Crippen LogP contribution < -0.4 is 61.2 Å². The van der Waals surface area contributed by atoms with Crippen molar-refractivity contribution in [1.29, 1.82) is 10.7 Å². The molecule has 4 aliphatic rings. The van der Waals surface area contributed by atoms with E-state index in [2.05, 4.69) is 50.1 Å². The zero-order valence-electron chi connectivity index (χ0n) is 40.4. The van der Waals surface area contributed by atoms with Crippen molar-refractivity contribution in [3.8, 4) is 17.9 Å². The molecule has 2 aliphatic carbocycles. The van der Waals surface area contributed by atoms with Gasteiger partial charge in [0.1, 0.15) is 17.4 Å². The van der Waals surface area contributed by atoms with Crippen LogP contribution in [0.3, 0.4) is 0 Å². The summed E-state index contributed by atoms with van der Waals surface area (Å²) in [6, 6.07) is 14.5. The molecule has 2 heterocycles. The first-order valence-corrected chi connectivity index (χ1v) is 23.1.